The van der Waals surface area contributed by atoms with Gasteiger partial charge in [0.05, 0.1) is 16.8 Å². The Bertz CT molecular complexity index is 1510. The topological polar surface area (TPSA) is 60.4 Å². The van der Waals surface area contributed by atoms with Crippen LogP contribution in [0, 0.1) is 5.92 Å². The number of hydrogen-bond donors (Lipinski definition) is 0. The highest BCUT2D eigenvalue weighted by Crippen LogP contribution is 2.43. The molecule has 2 aliphatic rings. The Hall–Kier alpha value is -3.40. The highest BCUT2D eigenvalue weighted by atomic mass is 19.4. The first-order valence-corrected chi connectivity index (χ1v) is 12.7. The SMILES string of the molecule is CC1CCN1Cc1cc(C(F)(F)F)c2cn(-c3cccc([C@H](c4nncn4C)C4CCC4)c3)c(=O)n2c1. The van der Waals surface area contributed by atoms with Gasteiger partial charge in [-0.25, -0.2) is 4.79 Å². The summed E-state index contributed by atoms with van der Waals surface area (Å²) in [7, 11) is 1.91. The lowest BCUT2D eigenvalue weighted by Crippen LogP contribution is -2.44. The smallest absolute Gasteiger partial charge is 0.320 e. The second kappa shape index (κ2) is 8.86. The average molecular weight is 511 g/mol. The van der Waals surface area contributed by atoms with Crippen LogP contribution in [0.1, 0.15) is 61.0 Å². The van der Waals surface area contributed by atoms with Gasteiger partial charge in [-0.3, -0.25) is 13.9 Å². The van der Waals surface area contributed by atoms with Gasteiger partial charge in [-0.1, -0.05) is 18.6 Å². The Morgan fingerprint density at radius 1 is 1.14 bits per heavy atom. The van der Waals surface area contributed by atoms with Crippen molar-refractivity contribution in [1.82, 2.24) is 28.6 Å². The van der Waals surface area contributed by atoms with Crippen molar-refractivity contribution in [2.24, 2.45) is 13.0 Å². The van der Waals surface area contributed by atoms with E-state index in [2.05, 4.69) is 22.0 Å². The van der Waals surface area contributed by atoms with Crippen LogP contribution in [-0.4, -0.2) is 41.2 Å². The van der Waals surface area contributed by atoms with Gasteiger partial charge in [0.25, 0.3) is 0 Å². The normalized spacial score (nSPS) is 19.6. The largest absolute Gasteiger partial charge is 0.418 e. The van der Waals surface area contributed by atoms with E-state index in [1.54, 1.807) is 18.6 Å². The van der Waals surface area contributed by atoms with Crippen molar-refractivity contribution in [3.05, 3.63) is 82.1 Å². The Labute approximate surface area is 212 Å². The number of alkyl halides is 3. The van der Waals surface area contributed by atoms with Gasteiger partial charge in [-0.2, -0.15) is 13.2 Å². The fourth-order valence-electron chi connectivity index (χ4n) is 5.63. The summed E-state index contributed by atoms with van der Waals surface area (Å²) in [5.41, 5.74) is 0.527. The number of likely N-dealkylation sites (tertiary alicyclic amines) is 1. The Morgan fingerprint density at radius 3 is 2.54 bits per heavy atom. The molecule has 2 fully saturated rings. The van der Waals surface area contributed by atoms with E-state index in [1.165, 1.54) is 16.8 Å². The van der Waals surface area contributed by atoms with Crippen LogP contribution in [0.2, 0.25) is 0 Å². The zero-order valence-electron chi connectivity index (χ0n) is 20.8. The Morgan fingerprint density at radius 2 is 1.95 bits per heavy atom. The van der Waals surface area contributed by atoms with E-state index in [4.69, 9.17) is 0 Å². The van der Waals surface area contributed by atoms with E-state index in [0.29, 0.717) is 29.8 Å². The molecule has 4 aromatic rings. The summed E-state index contributed by atoms with van der Waals surface area (Å²) in [6.07, 6.45) is 4.28. The molecule has 10 heteroatoms. The highest BCUT2D eigenvalue weighted by molar-refractivity contribution is 5.58. The lowest BCUT2D eigenvalue weighted by atomic mass is 9.72. The molecule has 2 atom stereocenters. The summed E-state index contributed by atoms with van der Waals surface area (Å²) in [5, 5.41) is 8.40. The molecule has 4 heterocycles. The van der Waals surface area contributed by atoms with Crippen LogP contribution < -0.4 is 5.69 Å². The van der Waals surface area contributed by atoms with E-state index in [0.717, 1.165) is 48.0 Å². The fraction of sp³-hybridized carbons (Fsp3) is 0.444. The van der Waals surface area contributed by atoms with Crippen LogP contribution in [-0.2, 0) is 19.8 Å². The van der Waals surface area contributed by atoms with Gasteiger partial charge in [0.1, 0.15) is 12.2 Å². The van der Waals surface area contributed by atoms with Gasteiger partial charge in [0.2, 0.25) is 0 Å². The molecule has 1 unspecified atom stereocenters. The average Bonchev–Trinajstić information content (AvgIpc) is 3.40. The predicted molar refractivity (Wildman–Crippen MR) is 133 cm³/mol. The maximum absolute atomic E-state index is 14.1. The third-order valence-corrected chi connectivity index (χ3v) is 8.13. The van der Waals surface area contributed by atoms with E-state index in [1.807, 2.05) is 29.8 Å². The molecule has 1 aliphatic heterocycles. The molecule has 7 nitrogen and oxygen atoms in total. The second-order valence-electron chi connectivity index (χ2n) is 10.5. The number of halogens is 3. The maximum Gasteiger partial charge on any atom is 0.418 e. The predicted octanol–water partition coefficient (Wildman–Crippen LogP) is 4.76. The maximum atomic E-state index is 14.1. The molecule has 0 spiro atoms. The highest BCUT2D eigenvalue weighted by Gasteiger charge is 2.36. The molecule has 3 aromatic heterocycles. The summed E-state index contributed by atoms with van der Waals surface area (Å²) >= 11 is 0. The minimum Gasteiger partial charge on any atom is -0.320 e. The Kier molecular flexibility index (Phi) is 5.74. The molecule has 1 saturated heterocycles. The number of pyridine rings is 1. The van der Waals surface area contributed by atoms with Gasteiger partial charge < -0.3 is 4.57 Å². The molecular weight excluding hydrogens is 481 g/mol. The molecule has 0 N–H and O–H groups in total. The summed E-state index contributed by atoms with van der Waals surface area (Å²) in [6, 6.07) is 9.01. The molecule has 1 saturated carbocycles. The molecular formula is C27H29F3N6O. The number of benzene rings is 1. The zero-order valence-corrected chi connectivity index (χ0v) is 20.8. The number of aromatic nitrogens is 5. The number of imidazole rings is 1. The van der Waals surface area contributed by atoms with Gasteiger partial charge in [0, 0.05) is 44.5 Å². The molecule has 1 aliphatic carbocycles. The van der Waals surface area contributed by atoms with E-state index in [9.17, 15) is 18.0 Å². The van der Waals surface area contributed by atoms with Gasteiger partial charge in [0.15, 0.2) is 0 Å². The molecule has 0 radical (unpaired) electrons. The van der Waals surface area contributed by atoms with Gasteiger partial charge in [-0.05, 0) is 61.4 Å². The minimum atomic E-state index is -4.58. The number of fused-ring (bicyclic) bond motifs is 1. The van der Waals surface area contributed by atoms with Crippen molar-refractivity contribution in [2.45, 2.75) is 57.3 Å². The lowest BCUT2D eigenvalue weighted by Gasteiger charge is -2.38. The first-order chi connectivity index (χ1) is 17.7. The van der Waals surface area contributed by atoms with Crippen molar-refractivity contribution in [3.63, 3.8) is 0 Å². The molecule has 6 rings (SSSR count). The monoisotopic (exact) mass is 510 g/mol. The van der Waals surface area contributed by atoms with E-state index in [-0.39, 0.29) is 11.4 Å². The quantitative estimate of drug-likeness (QED) is 0.375. The number of aryl methyl sites for hydroxylation is 1. The van der Waals surface area contributed by atoms with Crippen LogP contribution >= 0.6 is 0 Å². The summed E-state index contributed by atoms with van der Waals surface area (Å²) < 4.78 is 46.7. The standard InChI is InChI=1S/C27H29F3N6O/c1-17-9-10-34(17)13-18-11-22(27(28,29)30)23-15-35(26(37)36(23)14-18)21-8-4-7-20(12-21)24(19-5-3-6-19)25-32-31-16-33(25)2/h4,7-8,11-12,14-17,19,24H,3,5-6,9-10,13H2,1-2H3/t17?,24-/m1/s1. The Balaban J connectivity index is 1.45. The number of rotatable bonds is 6. The number of hydrogen-bond acceptors (Lipinski definition) is 4. The number of nitrogens with zero attached hydrogens (tertiary/aromatic N) is 6. The first kappa shape index (κ1) is 24.0. The third kappa shape index (κ3) is 4.17. The van der Waals surface area contributed by atoms with Crippen molar-refractivity contribution >= 4 is 5.52 Å². The van der Waals surface area contributed by atoms with E-state index < -0.39 is 17.4 Å². The van der Waals surface area contributed by atoms with Crippen LogP contribution in [0.4, 0.5) is 13.2 Å². The zero-order chi connectivity index (χ0) is 25.9. The van der Waals surface area contributed by atoms with E-state index >= 15 is 0 Å². The summed E-state index contributed by atoms with van der Waals surface area (Å²) in [4.78, 5) is 15.6. The van der Waals surface area contributed by atoms with Crippen molar-refractivity contribution < 1.29 is 13.2 Å². The minimum absolute atomic E-state index is 0.00443. The van der Waals surface area contributed by atoms with Crippen LogP contribution in [0.3, 0.4) is 0 Å². The van der Waals surface area contributed by atoms with Gasteiger partial charge >= 0.3 is 11.9 Å². The summed E-state index contributed by atoms with van der Waals surface area (Å²) in [5.74, 6) is 1.26. The molecule has 0 amide bonds. The van der Waals surface area contributed by atoms with Crippen molar-refractivity contribution in [1.29, 1.82) is 0 Å². The third-order valence-electron chi connectivity index (χ3n) is 8.13. The molecule has 1 aromatic carbocycles. The fourth-order valence-corrected chi connectivity index (χ4v) is 5.63. The van der Waals surface area contributed by atoms with Crippen LogP contribution in [0.25, 0.3) is 11.2 Å². The van der Waals surface area contributed by atoms with Crippen LogP contribution in [0.5, 0.6) is 0 Å². The molecule has 37 heavy (non-hydrogen) atoms. The summed E-state index contributed by atoms with van der Waals surface area (Å²) in [6.45, 7) is 3.28. The molecule has 0 bridgehead atoms. The lowest BCUT2D eigenvalue weighted by molar-refractivity contribution is -0.136. The second-order valence-corrected chi connectivity index (χ2v) is 10.5. The van der Waals surface area contributed by atoms with Gasteiger partial charge in [-0.15, -0.1) is 10.2 Å². The van der Waals surface area contributed by atoms with Crippen molar-refractivity contribution in [3.8, 4) is 5.69 Å². The van der Waals surface area contributed by atoms with Crippen molar-refractivity contribution in [2.75, 3.05) is 6.54 Å². The first-order valence-electron chi connectivity index (χ1n) is 12.7. The van der Waals surface area contributed by atoms with Crippen LogP contribution in [0.15, 0.2) is 53.8 Å². The molecule has 194 valence electrons.